The van der Waals surface area contributed by atoms with Gasteiger partial charge in [-0.2, -0.15) is 19.8 Å². The first-order chi connectivity index (χ1) is 10.4. The van der Waals surface area contributed by atoms with Crippen LogP contribution in [-0.2, 0) is 10.0 Å². The van der Waals surface area contributed by atoms with Crippen molar-refractivity contribution in [3.8, 4) is 6.07 Å². The van der Waals surface area contributed by atoms with E-state index in [0.29, 0.717) is 36.5 Å². The summed E-state index contributed by atoms with van der Waals surface area (Å²) in [5.74, 6) is 0. The molecule has 9 heteroatoms. The molecule has 0 bridgehead atoms. The standard InChI is InChI=1S/C13H16N6O2S/c1-9-13(10(2)17-16-9)22(20,21)18-4-3-12(8-18)19-7-11(5-14)6-15-19/h6-7,12H,3-4,8H2,1-2H3,(H,16,17). The molecule has 1 aliphatic heterocycles. The van der Waals surface area contributed by atoms with Gasteiger partial charge in [0.05, 0.1) is 29.2 Å². The Morgan fingerprint density at radius 1 is 1.45 bits per heavy atom. The van der Waals surface area contributed by atoms with Crippen LogP contribution in [0.1, 0.15) is 29.4 Å². The van der Waals surface area contributed by atoms with Crippen LogP contribution in [0.25, 0.3) is 0 Å². The first-order valence-corrected chi connectivity index (χ1v) is 8.33. The molecule has 1 saturated heterocycles. The Hall–Kier alpha value is -2.18. The van der Waals surface area contributed by atoms with Gasteiger partial charge in [0.15, 0.2) is 0 Å². The summed E-state index contributed by atoms with van der Waals surface area (Å²) in [5.41, 5.74) is 1.50. The number of nitrogens with one attached hydrogen (secondary N) is 1. The average Bonchev–Trinajstić information content (AvgIpc) is 3.17. The number of nitriles is 1. The van der Waals surface area contributed by atoms with Crippen molar-refractivity contribution in [3.05, 3.63) is 29.3 Å². The number of rotatable bonds is 3. The number of aryl methyl sites for hydroxylation is 2. The van der Waals surface area contributed by atoms with Crippen molar-refractivity contribution in [2.24, 2.45) is 0 Å². The number of hydrogen-bond donors (Lipinski definition) is 1. The molecule has 0 amide bonds. The third-order valence-electron chi connectivity index (χ3n) is 3.89. The van der Waals surface area contributed by atoms with Gasteiger partial charge in [0.1, 0.15) is 11.0 Å². The summed E-state index contributed by atoms with van der Waals surface area (Å²) in [5, 5.41) is 19.7. The molecule has 1 atom stereocenters. The minimum Gasteiger partial charge on any atom is -0.281 e. The van der Waals surface area contributed by atoms with Crippen LogP contribution in [0.2, 0.25) is 0 Å². The maximum Gasteiger partial charge on any atom is 0.246 e. The SMILES string of the molecule is Cc1n[nH]c(C)c1S(=O)(=O)N1CCC(n2cc(C#N)cn2)C1. The number of hydrogen-bond acceptors (Lipinski definition) is 5. The van der Waals surface area contributed by atoms with Gasteiger partial charge in [0, 0.05) is 19.3 Å². The van der Waals surface area contributed by atoms with Gasteiger partial charge in [-0.05, 0) is 20.3 Å². The molecule has 2 aromatic heterocycles. The zero-order chi connectivity index (χ0) is 15.9. The largest absolute Gasteiger partial charge is 0.281 e. The monoisotopic (exact) mass is 320 g/mol. The Labute approximate surface area is 128 Å². The molecule has 1 aliphatic rings. The van der Waals surface area contributed by atoms with Crippen molar-refractivity contribution in [1.29, 1.82) is 5.26 Å². The molecule has 0 spiro atoms. The molecule has 0 aromatic carbocycles. The van der Waals surface area contributed by atoms with Crippen molar-refractivity contribution >= 4 is 10.0 Å². The van der Waals surface area contributed by atoms with Gasteiger partial charge in [-0.15, -0.1) is 0 Å². The molecule has 1 N–H and O–H groups in total. The Morgan fingerprint density at radius 2 is 2.23 bits per heavy atom. The zero-order valence-corrected chi connectivity index (χ0v) is 13.1. The summed E-state index contributed by atoms with van der Waals surface area (Å²) in [6.07, 6.45) is 3.80. The molecule has 3 rings (SSSR count). The molecule has 22 heavy (non-hydrogen) atoms. The van der Waals surface area contributed by atoms with Crippen molar-refractivity contribution in [1.82, 2.24) is 24.3 Å². The van der Waals surface area contributed by atoms with E-state index in [1.165, 1.54) is 10.5 Å². The van der Waals surface area contributed by atoms with Crippen LogP contribution in [0, 0.1) is 25.2 Å². The quantitative estimate of drug-likeness (QED) is 0.897. The summed E-state index contributed by atoms with van der Waals surface area (Å²) >= 11 is 0. The van der Waals surface area contributed by atoms with E-state index in [-0.39, 0.29) is 10.9 Å². The highest BCUT2D eigenvalue weighted by molar-refractivity contribution is 7.89. The Morgan fingerprint density at radius 3 is 2.82 bits per heavy atom. The normalized spacial score (nSPS) is 19.4. The van der Waals surface area contributed by atoms with E-state index < -0.39 is 10.0 Å². The van der Waals surface area contributed by atoms with E-state index in [1.54, 1.807) is 24.7 Å². The van der Waals surface area contributed by atoms with Gasteiger partial charge in [-0.1, -0.05) is 0 Å². The maximum absolute atomic E-state index is 12.8. The molecule has 8 nitrogen and oxygen atoms in total. The topological polar surface area (TPSA) is 108 Å². The average molecular weight is 320 g/mol. The lowest BCUT2D eigenvalue weighted by atomic mass is 10.3. The lowest BCUT2D eigenvalue weighted by Crippen LogP contribution is -2.30. The number of aromatic nitrogens is 4. The summed E-state index contributed by atoms with van der Waals surface area (Å²) in [6, 6.07) is 1.97. The van der Waals surface area contributed by atoms with Crippen LogP contribution in [0.15, 0.2) is 17.3 Å². The van der Waals surface area contributed by atoms with Crippen LogP contribution < -0.4 is 0 Å². The minimum absolute atomic E-state index is 0.0515. The van der Waals surface area contributed by atoms with E-state index in [1.807, 2.05) is 6.07 Å². The van der Waals surface area contributed by atoms with E-state index in [9.17, 15) is 8.42 Å². The molecular weight excluding hydrogens is 304 g/mol. The summed E-state index contributed by atoms with van der Waals surface area (Å²) in [7, 11) is -3.56. The Balaban J connectivity index is 1.85. The van der Waals surface area contributed by atoms with Crippen LogP contribution in [-0.4, -0.2) is 45.8 Å². The molecule has 0 saturated carbocycles. The van der Waals surface area contributed by atoms with E-state index in [2.05, 4.69) is 15.3 Å². The predicted octanol–water partition coefficient (Wildman–Crippen LogP) is 0.730. The van der Waals surface area contributed by atoms with Gasteiger partial charge in [0.25, 0.3) is 0 Å². The first-order valence-electron chi connectivity index (χ1n) is 6.89. The fraction of sp³-hybridized carbons (Fsp3) is 0.462. The van der Waals surface area contributed by atoms with Crippen LogP contribution in [0.4, 0.5) is 0 Å². The van der Waals surface area contributed by atoms with Gasteiger partial charge in [-0.3, -0.25) is 9.78 Å². The predicted molar refractivity (Wildman–Crippen MR) is 77.4 cm³/mol. The van der Waals surface area contributed by atoms with Crippen LogP contribution in [0.3, 0.4) is 0 Å². The molecule has 0 radical (unpaired) electrons. The lowest BCUT2D eigenvalue weighted by Gasteiger charge is -2.16. The fourth-order valence-corrected chi connectivity index (χ4v) is 4.61. The second kappa shape index (κ2) is 5.23. The van der Waals surface area contributed by atoms with Crippen molar-refractivity contribution < 1.29 is 8.42 Å². The fourth-order valence-electron chi connectivity index (χ4n) is 2.79. The van der Waals surface area contributed by atoms with Gasteiger partial charge >= 0.3 is 0 Å². The molecule has 0 aliphatic carbocycles. The summed E-state index contributed by atoms with van der Waals surface area (Å²) in [6.45, 7) is 4.15. The Bertz CT molecular complexity index is 825. The molecule has 2 aromatic rings. The molecular formula is C13H16N6O2S. The molecule has 1 fully saturated rings. The number of sulfonamides is 1. The van der Waals surface area contributed by atoms with Crippen molar-refractivity contribution in [2.45, 2.75) is 31.2 Å². The first kappa shape index (κ1) is 14.7. The lowest BCUT2D eigenvalue weighted by molar-refractivity contribution is 0.434. The second-order valence-corrected chi connectivity index (χ2v) is 7.26. The molecule has 116 valence electrons. The summed E-state index contributed by atoms with van der Waals surface area (Å²) in [4.78, 5) is 0.256. The van der Waals surface area contributed by atoms with E-state index in [0.717, 1.165) is 0 Å². The maximum atomic E-state index is 12.8. The third kappa shape index (κ3) is 2.30. The molecule has 1 unspecified atom stereocenters. The number of nitrogens with zero attached hydrogens (tertiary/aromatic N) is 5. The molecule has 3 heterocycles. The highest BCUT2D eigenvalue weighted by Crippen LogP contribution is 2.29. The van der Waals surface area contributed by atoms with E-state index >= 15 is 0 Å². The van der Waals surface area contributed by atoms with Crippen LogP contribution >= 0.6 is 0 Å². The van der Waals surface area contributed by atoms with Gasteiger partial charge < -0.3 is 0 Å². The zero-order valence-electron chi connectivity index (χ0n) is 12.3. The smallest absolute Gasteiger partial charge is 0.246 e. The highest BCUT2D eigenvalue weighted by Gasteiger charge is 2.36. The second-order valence-electron chi connectivity index (χ2n) is 5.39. The third-order valence-corrected chi connectivity index (χ3v) is 6.02. The summed E-state index contributed by atoms with van der Waals surface area (Å²) < 4.78 is 28.6. The van der Waals surface area contributed by atoms with Crippen molar-refractivity contribution in [2.75, 3.05) is 13.1 Å². The minimum atomic E-state index is -3.56. The van der Waals surface area contributed by atoms with Gasteiger partial charge in [-0.25, -0.2) is 8.42 Å². The highest BCUT2D eigenvalue weighted by atomic mass is 32.2. The Kier molecular flexibility index (Phi) is 3.50. The van der Waals surface area contributed by atoms with Gasteiger partial charge in [0.2, 0.25) is 10.0 Å². The number of H-pyrrole nitrogens is 1. The van der Waals surface area contributed by atoms with Crippen molar-refractivity contribution in [3.63, 3.8) is 0 Å². The van der Waals surface area contributed by atoms with E-state index in [4.69, 9.17) is 5.26 Å². The number of aromatic amines is 1. The van der Waals surface area contributed by atoms with Crippen LogP contribution in [0.5, 0.6) is 0 Å².